The Morgan fingerprint density at radius 1 is 0.962 bits per heavy atom. The normalized spacial score (nSPS) is 10.7. The van der Waals surface area contributed by atoms with Gasteiger partial charge in [0.15, 0.2) is 0 Å². The highest BCUT2D eigenvalue weighted by atomic mass is 35.5. The van der Waals surface area contributed by atoms with Crippen molar-refractivity contribution in [3.63, 3.8) is 0 Å². The minimum Gasteiger partial charge on any atom is -0.323 e. The number of carbonyl (C=O) groups is 1. The molecule has 0 unspecified atom stereocenters. The summed E-state index contributed by atoms with van der Waals surface area (Å²) in [5, 5.41) is 3.18. The van der Waals surface area contributed by atoms with Crippen LogP contribution in [0.15, 0.2) is 26.8 Å². The summed E-state index contributed by atoms with van der Waals surface area (Å²) in [6.45, 7) is 6.87. The lowest BCUT2D eigenvalue weighted by Gasteiger charge is -2.22. The van der Waals surface area contributed by atoms with Gasteiger partial charge in [0.1, 0.15) is 0 Å². The number of amides is 1. The smallest absolute Gasteiger partial charge is 0.238 e. The van der Waals surface area contributed by atoms with Crippen molar-refractivity contribution in [2.45, 2.75) is 54.2 Å². The van der Waals surface area contributed by atoms with Crippen LogP contribution in [0.3, 0.4) is 0 Å². The molecule has 0 saturated carbocycles. The van der Waals surface area contributed by atoms with Crippen LogP contribution in [-0.4, -0.2) is 49.2 Å². The Morgan fingerprint density at radius 2 is 1.46 bits per heavy atom. The maximum Gasteiger partial charge on any atom is 0.238 e. The molecule has 7 heteroatoms. The SMILES string of the molecule is CCCCN(CCCC)CC(=O)Nc1c(SC)cc(SC)cc1SC.Cl. The standard InChI is InChI=1S/C19H32N2OS3.ClH/c1-6-8-10-21(11-9-7-2)14-18(22)20-19-16(24-4)12-15(23-3)13-17(19)25-5;/h12-13H,6-11,14H2,1-5H3,(H,20,22);1H. The van der Waals surface area contributed by atoms with Crippen LogP contribution in [0.25, 0.3) is 0 Å². The Kier molecular flexibility index (Phi) is 15.0. The first-order valence-electron chi connectivity index (χ1n) is 8.91. The van der Waals surface area contributed by atoms with E-state index in [1.54, 1.807) is 35.3 Å². The van der Waals surface area contributed by atoms with E-state index < -0.39 is 0 Å². The molecule has 0 aliphatic heterocycles. The third-order valence-electron chi connectivity index (χ3n) is 4.00. The number of anilines is 1. The number of rotatable bonds is 12. The van der Waals surface area contributed by atoms with E-state index in [1.165, 1.54) is 4.90 Å². The summed E-state index contributed by atoms with van der Waals surface area (Å²) in [7, 11) is 0. The van der Waals surface area contributed by atoms with E-state index in [9.17, 15) is 4.79 Å². The van der Waals surface area contributed by atoms with Gasteiger partial charge in [-0.3, -0.25) is 9.69 Å². The molecule has 0 radical (unpaired) electrons. The third-order valence-corrected chi connectivity index (χ3v) is 6.23. The first kappa shape index (κ1) is 26.0. The van der Waals surface area contributed by atoms with Gasteiger partial charge in [0.25, 0.3) is 0 Å². The zero-order valence-corrected chi connectivity index (χ0v) is 19.9. The van der Waals surface area contributed by atoms with Crippen molar-refractivity contribution >= 4 is 59.3 Å². The number of thioether (sulfide) groups is 3. The second kappa shape index (κ2) is 15.0. The van der Waals surface area contributed by atoms with E-state index in [2.05, 4.69) is 55.0 Å². The number of carbonyl (C=O) groups excluding carboxylic acids is 1. The summed E-state index contributed by atoms with van der Waals surface area (Å²) in [5.74, 6) is 0.0923. The molecule has 3 nitrogen and oxygen atoms in total. The van der Waals surface area contributed by atoms with Gasteiger partial charge in [-0.25, -0.2) is 0 Å². The maximum absolute atomic E-state index is 12.7. The fourth-order valence-corrected chi connectivity index (χ4v) is 4.45. The molecular weight excluding hydrogens is 404 g/mol. The molecule has 0 spiro atoms. The monoisotopic (exact) mass is 436 g/mol. The number of halogens is 1. The molecule has 0 aromatic heterocycles. The zero-order valence-electron chi connectivity index (χ0n) is 16.6. The second-order valence-electron chi connectivity index (χ2n) is 5.94. The van der Waals surface area contributed by atoms with E-state index in [0.29, 0.717) is 6.54 Å². The first-order chi connectivity index (χ1) is 12.1. The van der Waals surface area contributed by atoms with Gasteiger partial charge in [-0.2, -0.15) is 0 Å². The van der Waals surface area contributed by atoms with E-state index in [1.807, 2.05) is 0 Å². The van der Waals surface area contributed by atoms with Crippen LogP contribution in [-0.2, 0) is 4.79 Å². The van der Waals surface area contributed by atoms with Gasteiger partial charge >= 0.3 is 0 Å². The summed E-state index contributed by atoms with van der Waals surface area (Å²) in [4.78, 5) is 18.5. The predicted octanol–water partition coefficient (Wildman–Crippen LogP) is 6.11. The molecule has 1 N–H and O–H groups in total. The van der Waals surface area contributed by atoms with Gasteiger partial charge in [-0.05, 0) is 56.8 Å². The topological polar surface area (TPSA) is 32.3 Å². The van der Waals surface area contributed by atoms with Crippen molar-refractivity contribution in [1.29, 1.82) is 0 Å². The molecule has 150 valence electrons. The maximum atomic E-state index is 12.7. The predicted molar refractivity (Wildman–Crippen MR) is 124 cm³/mol. The number of hydrogen-bond donors (Lipinski definition) is 1. The fraction of sp³-hybridized carbons (Fsp3) is 0.632. The largest absolute Gasteiger partial charge is 0.323 e. The van der Waals surface area contributed by atoms with Crippen LogP contribution < -0.4 is 5.32 Å². The van der Waals surface area contributed by atoms with Crippen molar-refractivity contribution < 1.29 is 4.79 Å². The zero-order chi connectivity index (χ0) is 18.7. The summed E-state index contributed by atoms with van der Waals surface area (Å²) >= 11 is 5.11. The minimum absolute atomic E-state index is 0. The average Bonchev–Trinajstić information content (AvgIpc) is 2.63. The van der Waals surface area contributed by atoms with E-state index >= 15 is 0 Å². The molecule has 0 atom stereocenters. The van der Waals surface area contributed by atoms with Crippen LogP contribution >= 0.6 is 47.7 Å². The van der Waals surface area contributed by atoms with Crippen LogP contribution in [0.1, 0.15) is 39.5 Å². The number of nitrogens with zero attached hydrogens (tertiary/aromatic N) is 1. The molecule has 0 fully saturated rings. The molecular formula is C19H33ClN2OS3. The Hall–Kier alpha value is -0.0100. The molecule has 0 heterocycles. The Morgan fingerprint density at radius 3 is 1.85 bits per heavy atom. The van der Waals surface area contributed by atoms with Crippen molar-refractivity contribution in [1.82, 2.24) is 4.90 Å². The van der Waals surface area contributed by atoms with Gasteiger partial charge in [-0.1, -0.05) is 26.7 Å². The highest BCUT2D eigenvalue weighted by Gasteiger charge is 2.15. The van der Waals surface area contributed by atoms with Gasteiger partial charge in [0, 0.05) is 14.7 Å². The van der Waals surface area contributed by atoms with E-state index in [-0.39, 0.29) is 18.3 Å². The lowest BCUT2D eigenvalue weighted by atomic mass is 10.2. The van der Waals surface area contributed by atoms with Gasteiger partial charge in [0.05, 0.1) is 12.2 Å². The molecule has 0 aliphatic rings. The molecule has 1 aromatic rings. The molecule has 0 saturated heterocycles. The summed E-state index contributed by atoms with van der Waals surface area (Å²) in [6, 6.07) is 4.33. The highest BCUT2D eigenvalue weighted by molar-refractivity contribution is 8.00. The molecule has 1 aromatic carbocycles. The number of benzene rings is 1. The second-order valence-corrected chi connectivity index (χ2v) is 8.51. The average molecular weight is 437 g/mol. The quantitative estimate of drug-likeness (QED) is 0.399. The van der Waals surface area contributed by atoms with Gasteiger partial charge < -0.3 is 5.32 Å². The molecule has 1 amide bonds. The van der Waals surface area contributed by atoms with Crippen LogP contribution in [0, 0.1) is 0 Å². The van der Waals surface area contributed by atoms with Crippen LogP contribution in [0.5, 0.6) is 0 Å². The fourth-order valence-electron chi connectivity index (χ4n) is 2.54. The van der Waals surface area contributed by atoms with Gasteiger partial charge in [-0.15, -0.1) is 47.7 Å². The summed E-state index contributed by atoms with van der Waals surface area (Å²) in [6.07, 6.45) is 10.8. The number of hydrogen-bond acceptors (Lipinski definition) is 5. The minimum atomic E-state index is 0. The molecule has 26 heavy (non-hydrogen) atoms. The Bertz CT molecular complexity index is 511. The number of nitrogens with one attached hydrogen (secondary N) is 1. The summed E-state index contributed by atoms with van der Waals surface area (Å²) in [5.41, 5.74) is 0.966. The van der Waals surface area contributed by atoms with Crippen molar-refractivity contribution in [3.05, 3.63) is 12.1 Å². The third kappa shape index (κ3) is 8.79. The Balaban J connectivity index is 0.00000625. The lowest BCUT2D eigenvalue weighted by molar-refractivity contribution is -0.117. The Labute approximate surface area is 178 Å². The highest BCUT2D eigenvalue weighted by Crippen LogP contribution is 2.38. The molecule has 0 bridgehead atoms. The first-order valence-corrected chi connectivity index (χ1v) is 12.6. The summed E-state index contributed by atoms with van der Waals surface area (Å²) < 4.78 is 0. The van der Waals surface area contributed by atoms with Crippen LogP contribution in [0.2, 0.25) is 0 Å². The molecule has 0 aliphatic carbocycles. The van der Waals surface area contributed by atoms with E-state index in [0.717, 1.165) is 54.3 Å². The van der Waals surface area contributed by atoms with Crippen molar-refractivity contribution in [3.8, 4) is 0 Å². The lowest BCUT2D eigenvalue weighted by Crippen LogP contribution is -2.35. The van der Waals surface area contributed by atoms with Crippen LogP contribution in [0.4, 0.5) is 5.69 Å². The number of unbranched alkanes of at least 4 members (excludes halogenated alkanes) is 2. The molecule has 1 rings (SSSR count). The van der Waals surface area contributed by atoms with Gasteiger partial charge in [0.2, 0.25) is 5.91 Å². The van der Waals surface area contributed by atoms with Crippen molar-refractivity contribution in [2.24, 2.45) is 0 Å². The van der Waals surface area contributed by atoms with Crippen molar-refractivity contribution in [2.75, 3.05) is 43.7 Å². The van der Waals surface area contributed by atoms with E-state index in [4.69, 9.17) is 0 Å².